The summed E-state index contributed by atoms with van der Waals surface area (Å²) in [6.07, 6.45) is 0. The van der Waals surface area contributed by atoms with E-state index >= 15 is 0 Å². The van der Waals surface area contributed by atoms with Crippen molar-refractivity contribution >= 4 is 8.69 Å². The van der Waals surface area contributed by atoms with E-state index in [1.54, 1.807) is 0 Å². The minimum atomic E-state index is -1.06. The third-order valence-electron chi connectivity index (χ3n) is 0.0713. The van der Waals surface area contributed by atoms with Gasteiger partial charge in [0.2, 0.25) is 0 Å². The van der Waals surface area contributed by atoms with Crippen LogP contribution < -0.4 is 51.4 Å². The van der Waals surface area contributed by atoms with Crippen LogP contribution in [0.15, 0.2) is 0 Å². The van der Waals surface area contributed by atoms with Gasteiger partial charge in [-0.05, 0) is 9.60 Å². The fraction of sp³-hybridized carbons (Fsp3) is 0. The van der Waals surface area contributed by atoms with E-state index in [-0.39, 0.29) is 51.4 Å². The van der Waals surface area contributed by atoms with Gasteiger partial charge < -0.3 is 0 Å². The molecule has 4 nitrogen and oxygen atoms in total. The molecule has 0 saturated heterocycles. The molecule has 0 aromatic carbocycles. The van der Waals surface area contributed by atoms with Gasteiger partial charge >= 0.3 is 60.1 Å². The zero-order valence-corrected chi connectivity index (χ0v) is 7.30. The molecule has 0 radical (unpaired) electrons. The fourth-order valence-electron chi connectivity index (χ4n) is 0.0152. The summed E-state index contributed by atoms with van der Waals surface area (Å²) < 4.78 is 12.4. The van der Waals surface area contributed by atoms with Crippen LogP contribution in [0.1, 0.15) is 0 Å². The van der Waals surface area contributed by atoms with Gasteiger partial charge in [-0.3, -0.25) is 0 Å². The van der Waals surface area contributed by atoms with Crippen LogP contribution in [0.2, 0.25) is 0 Å². The first-order valence-corrected chi connectivity index (χ1v) is 1.57. The predicted molar refractivity (Wildman–Crippen MR) is 13.8 cm³/mol. The molecule has 0 amide bonds. The first-order valence-electron chi connectivity index (χ1n) is 0.757. The SMILES string of the molecule is O=[PH+]OOO.[K+]. The van der Waals surface area contributed by atoms with Crippen molar-refractivity contribution in [2.45, 2.75) is 0 Å². The van der Waals surface area contributed by atoms with Crippen LogP contribution in [-0.4, -0.2) is 5.26 Å². The average molecular weight is 136 g/mol. The van der Waals surface area contributed by atoms with Crippen molar-refractivity contribution in [2.75, 3.05) is 0 Å². The maximum atomic E-state index is 9.05. The second kappa shape index (κ2) is 9.79. The van der Waals surface area contributed by atoms with Crippen molar-refractivity contribution in [1.82, 2.24) is 0 Å². The molecule has 1 N–H and O–H groups in total. The standard InChI is InChI=1S/K.HO4P/c;1-3-4-5-2/h;5H/q+1;/p+1. The predicted octanol–water partition coefficient (Wildman–Crippen LogP) is -2.65. The summed E-state index contributed by atoms with van der Waals surface area (Å²) in [7, 11) is -1.06. The Bertz CT molecular complexity index is 28.7. The molecule has 0 bridgehead atoms. The molecular formula is H2KO4P+2. The summed E-state index contributed by atoms with van der Waals surface area (Å²) in [5, 5.41) is 10.0. The number of rotatable bonds is 2. The van der Waals surface area contributed by atoms with Crippen molar-refractivity contribution in [1.29, 1.82) is 0 Å². The maximum Gasteiger partial charge on any atom is 1.00 e. The Morgan fingerprint density at radius 3 is 2.17 bits per heavy atom. The molecule has 6 heavy (non-hydrogen) atoms. The second-order valence-electron chi connectivity index (χ2n) is 0.241. The van der Waals surface area contributed by atoms with Gasteiger partial charge in [0, 0.05) is 0 Å². The molecule has 0 aliphatic heterocycles. The Balaban J connectivity index is 0. The largest absolute Gasteiger partial charge is 1.00 e. The third kappa shape index (κ3) is 9.15. The van der Waals surface area contributed by atoms with E-state index < -0.39 is 8.69 Å². The maximum absolute atomic E-state index is 9.05. The van der Waals surface area contributed by atoms with Gasteiger partial charge in [0.15, 0.2) is 0 Å². The monoisotopic (exact) mass is 136 g/mol. The molecule has 0 aliphatic rings. The second-order valence-corrected chi connectivity index (χ2v) is 0.575. The quantitative estimate of drug-likeness (QED) is 0.195. The van der Waals surface area contributed by atoms with Gasteiger partial charge in [-0.15, -0.1) is 0 Å². The fourth-order valence-corrected chi connectivity index (χ4v) is 0.0456. The molecule has 0 fully saturated rings. The van der Waals surface area contributed by atoms with Crippen molar-refractivity contribution in [2.24, 2.45) is 0 Å². The molecule has 0 aromatic heterocycles. The summed E-state index contributed by atoms with van der Waals surface area (Å²) in [4.78, 5) is 0. The summed E-state index contributed by atoms with van der Waals surface area (Å²) in [5.74, 6) is 0. The van der Waals surface area contributed by atoms with E-state index in [0.717, 1.165) is 0 Å². The molecule has 6 heteroatoms. The van der Waals surface area contributed by atoms with Gasteiger partial charge in [-0.25, -0.2) is 5.26 Å². The Morgan fingerprint density at radius 1 is 1.67 bits per heavy atom. The van der Waals surface area contributed by atoms with Gasteiger partial charge in [-0.1, -0.05) is 0 Å². The number of hydrogen-bond donors (Lipinski definition) is 1. The van der Waals surface area contributed by atoms with Crippen molar-refractivity contribution in [3.8, 4) is 0 Å². The molecule has 0 aliphatic carbocycles. The molecular weight excluding hydrogens is 134 g/mol. The zero-order valence-electron chi connectivity index (χ0n) is 3.17. The number of hydrogen-bond acceptors (Lipinski definition) is 4. The van der Waals surface area contributed by atoms with Gasteiger partial charge in [0.25, 0.3) is 0 Å². The van der Waals surface area contributed by atoms with Crippen LogP contribution in [-0.2, 0) is 14.3 Å². The van der Waals surface area contributed by atoms with E-state index in [2.05, 4.69) is 9.71 Å². The van der Waals surface area contributed by atoms with Gasteiger partial charge in [0.05, 0.1) is 4.67 Å². The van der Waals surface area contributed by atoms with Crippen molar-refractivity contribution < 1.29 is 70.9 Å². The molecule has 0 saturated carbocycles. The molecule has 0 aromatic rings. The minimum absolute atomic E-state index is 0. The summed E-state index contributed by atoms with van der Waals surface area (Å²) in [6, 6.07) is 0. The summed E-state index contributed by atoms with van der Waals surface area (Å²) >= 11 is 0. The van der Waals surface area contributed by atoms with E-state index in [1.165, 1.54) is 0 Å². The van der Waals surface area contributed by atoms with Crippen LogP contribution >= 0.6 is 8.69 Å². The average Bonchev–Trinajstić information content (AvgIpc) is 1.41. The molecule has 0 rings (SSSR count). The third-order valence-corrected chi connectivity index (χ3v) is 0.214. The summed E-state index contributed by atoms with van der Waals surface area (Å²) in [6.45, 7) is 0. The van der Waals surface area contributed by atoms with Gasteiger partial charge in [0.1, 0.15) is 0 Å². The molecule has 0 spiro atoms. The smallest absolute Gasteiger partial charge is 0.218 e. The van der Waals surface area contributed by atoms with Crippen LogP contribution in [0, 0.1) is 0 Å². The van der Waals surface area contributed by atoms with Gasteiger partial charge in [-0.2, -0.15) is 0 Å². The van der Waals surface area contributed by atoms with Crippen LogP contribution in [0.5, 0.6) is 0 Å². The molecule has 1 unspecified atom stereocenters. The molecule has 1 atom stereocenters. The van der Waals surface area contributed by atoms with Crippen LogP contribution in [0.25, 0.3) is 0 Å². The first-order chi connectivity index (χ1) is 2.41. The van der Waals surface area contributed by atoms with E-state index in [1.807, 2.05) is 0 Å². The molecule has 0 heterocycles. The minimum Gasteiger partial charge on any atom is -0.218 e. The Labute approximate surface area is 78.4 Å². The first kappa shape index (κ1) is 10.6. The normalized spacial score (nSPS) is 7.50. The van der Waals surface area contributed by atoms with E-state index in [9.17, 15) is 0 Å². The summed E-state index contributed by atoms with van der Waals surface area (Å²) in [5.41, 5.74) is 0. The zero-order chi connectivity index (χ0) is 4.12. The van der Waals surface area contributed by atoms with E-state index in [4.69, 9.17) is 9.82 Å². The molecule has 30 valence electrons. The Hall–Kier alpha value is 1.62. The van der Waals surface area contributed by atoms with Crippen LogP contribution in [0.3, 0.4) is 0 Å². The van der Waals surface area contributed by atoms with Crippen molar-refractivity contribution in [3.05, 3.63) is 0 Å². The topological polar surface area (TPSA) is 55.8 Å². The van der Waals surface area contributed by atoms with E-state index in [0.29, 0.717) is 0 Å². The Kier molecular flexibility index (Phi) is 17.3. The van der Waals surface area contributed by atoms with Crippen molar-refractivity contribution in [3.63, 3.8) is 0 Å². The van der Waals surface area contributed by atoms with Crippen LogP contribution in [0.4, 0.5) is 0 Å². The Morgan fingerprint density at radius 2 is 2.17 bits per heavy atom.